The number of guanidine groups is 1. The molecule has 148 valence electrons. The Morgan fingerprint density at radius 1 is 1.15 bits per heavy atom. The Kier molecular flexibility index (Phi) is 8.10. The van der Waals surface area contributed by atoms with Gasteiger partial charge in [0.15, 0.2) is 11.8 Å². The first-order valence-corrected chi connectivity index (χ1v) is 9.44. The molecule has 0 fully saturated rings. The molecular weight excluding hydrogens is 342 g/mol. The first kappa shape index (κ1) is 20.7. The Morgan fingerprint density at radius 3 is 2.44 bits per heavy atom. The summed E-state index contributed by atoms with van der Waals surface area (Å²) in [5.74, 6) is 3.79. The van der Waals surface area contributed by atoms with Gasteiger partial charge in [0.1, 0.15) is 5.75 Å². The van der Waals surface area contributed by atoms with E-state index in [1.165, 1.54) is 5.56 Å². The van der Waals surface area contributed by atoms with Gasteiger partial charge in [-0.15, -0.1) is 0 Å². The number of hydrogen-bond donors (Lipinski definition) is 2. The summed E-state index contributed by atoms with van der Waals surface area (Å²) in [6.45, 7) is 7.84. The Morgan fingerprint density at radius 2 is 1.85 bits per heavy atom. The molecule has 0 radical (unpaired) electrons. The van der Waals surface area contributed by atoms with Crippen LogP contribution in [0.2, 0.25) is 0 Å². The minimum atomic E-state index is 0.276. The third-order valence-electron chi connectivity index (χ3n) is 4.41. The SMILES string of the molecule is CN=C(NCCc1nc(C(C)C)no1)NCCC(C)c1ccc(OC)cc1. The van der Waals surface area contributed by atoms with E-state index in [9.17, 15) is 0 Å². The topological polar surface area (TPSA) is 84.6 Å². The average molecular weight is 374 g/mol. The maximum Gasteiger partial charge on any atom is 0.228 e. The summed E-state index contributed by atoms with van der Waals surface area (Å²) in [6, 6.07) is 8.24. The van der Waals surface area contributed by atoms with Gasteiger partial charge in [0.05, 0.1) is 7.11 Å². The van der Waals surface area contributed by atoms with Gasteiger partial charge in [-0.3, -0.25) is 4.99 Å². The maximum atomic E-state index is 5.25. The van der Waals surface area contributed by atoms with Crippen LogP contribution in [0.5, 0.6) is 5.75 Å². The van der Waals surface area contributed by atoms with E-state index in [1.807, 2.05) is 26.0 Å². The molecule has 1 aromatic heterocycles. The number of aliphatic imine (C=N–C) groups is 1. The maximum absolute atomic E-state index is 5.25. The lowest BCUT2D eigenvalue weighted by molar-refractivity contribution is 0.371. The van der Waals surface area contributed by atoms with E-state index < -0.39 is 0 Å². The van der Waals surface area contributed by atoms with E-state index >= 15 is 0 Å². The number of rotatable bonds is 9. The van der Waals surface area contributed by atoms with Gasteiger partial charge in [-0.2, -0.15) is 4.98 Å². The van der Waals surface area contributed by atoms with E-state index in [0.29, 0.717) is 24.8 Å². The van der Waals surface area contributed by atoms with Crippen molar-refractivity contribution < 1.29 is 9.26 Å². The summed E-state index contributed by atoms with van der Waals surface area (Å²) >= 11 is 0. The van der Waals surface area contributed by atoms with Crippen molar-refractivity contribution >= 4 is 5.96 Å². The largest absolute Gasteiger partial charge is 0.497 e. The van der Waals surface area contributed by atoms with Gasteiger partial charge < -0.3 is 19.9 Å². The summed E-state index contributed by atoms with van der Waals surface area (Å²) in [7, 11) is 3.45. The lowest BCUT2D eigenvalue weighted by Crippen LogP contribution is -2.39. The molecule has 1 heterocycles. The van der Waals surface area contributed by atoms with Gasteiger partial charge in [-0.05, 0) is 30.0 Å². The minimum absolute atomic E-state index is 0.276. The standard InChI is InChI=1S/C20H31N5O2/c1-14(2)19-24-18(27-25-19)11-13-23-20(21-4)22-12-10-15(3)16-6-8-17(26-5)9-7-16/h6-9,14-15H,10-13H2,1-5H3,(H2,21,22,23). The van der Waals surface area contributed by atoms with E-state index in [-0.39, 0.29) is 5.92 Å². The average Bonchev–Trinajstić information content (AvgIpc) is 3.16. The number of benzene rings is 1. The first-order valence-electron chi connectivity index (χ1n) is 9.44. The van der Waals surface area contributed by atoms with Crippen molar-refractivity contribution in [1.82, 2.24) is 20.8 Å². The van der Waals surface area contributed by atoms with Crippen LogP contribution in [-0.2, 0) is 6.42 Å². The molecule has 27 heavy (non-hydrogen) atoms. The lowest BCUT2D eigenvalue weighted by Gasteiger charge is -2.15. The molecule has 0 aliphatic rings. The van der Waals surface area contributed by atoms with Crippen LogP contribution in [0.15, 0.2) is 33.8 Å². The van der Waals surface area contributed by atoms with Crippen molar-refractivity contribution in [3.05, 3.63) is 41.5 Å². The Bertz CT molecular complexity index is 709. The highest BCUT2D eigenvalue weighted by Gasteiger charge is 2.10. The van der Waals surface area contributed by atoms with Crippen LogP contribution < -0.4 is 15.4 Å². The second kappa shape index (κ2) is 10.5. The summed E-state index contributed by atoms with van der Waals surface area (Å²) < 4.78 is 10.5. The van der Waals surface area contributed by atoms with Gasteiger partial charge in [-0.1, -0.05) is 38.1 Å². The van der Waals surface area contributed by atoms with Crippen molar-refractivity contribution in [2.75, 3.05) is 27.2 Å². The molecule has 0 bridgehead atoms. The van der Waals surface area contributed by atoms with Crippen LogP contribution >= 0.6 is 0 Å². The molecule has 0 saturated heterocycles. The highest BCUT2D eigenvalue weighted by atomic mass is 16.5. The van der Waals surface area contributed by atoms with Crippen molar-refractivity contribution in [3.63, 3.8) is 0 Å². The van der Waals surface area contributed by atoms with Gasteiger partial charge >= 0.3 is 0 Å². The van der Waals surface area contributed by atoms with Crippen molar-refractivity contribution in [2.45, 2.75) is 45.4 Å². The van der Waals surface area contributed by atoms with Crippen LogP contribution in [-0.4, -0.2) is 43.3 Å². The normalized spacial score (nSPS) is 12.9. The molecule has 0 saturated carbocycles. The van der Waals surface area contributed by atoms with Crippen LogP contribution in [0, 0.1) is 0 Å². The number of ether oxygens (including phenoxy) is 1. The third-order valence-corrected chi connectivity index (χ3v) is 4.41. The van der Waals surface area contributed by atoms with Crippen molar-refractivity contribution in [2.24, 2.45) is 4.99 Å². The number of nitrogens with one attached hydrogen (secondary N) is 2. The van der Waals surface area contributed by atoms with E-state index in [4.69, 9.17) is 9.26 Å². The number of aromatic nitrogens is 2. The minimum Gasteiger partial charge on any atom is -0.497 e. The zero-order valence-electron chi connectivity index (χ0n) is 17.0. The molecule has 2 N–H and O–H groups in total. The molecule has 2 aromatic rings. The highest BCUT2D eigenvalue weighted by molar-refractivity contribution is 5.79. The summed E-state index contributed by atoms with van der Waals surface area (Å²) in [4.78, 5) is 8.63. The van der Waals surface area contributed by atoms with Crippen LogP contribution in [0.25, 0.3) is 0 Å². The van der Waals surface area contributed by atoms with Gasteiger partial charge in [0.25, 0.3) is 0 Å². The van der Waals surface area contributed by atoms with Gasteiger partial charge in [0.2, 0.25) is 5.89 Å². The fraction of sp³-hybridized carbons (Fsp3) is 0.550. The smallest absolute Gasteiger partial charge is 0.228 e. The second-order valence-corrected chi connectivity index (χ2v) is 6.84. The zero-order valence-corrected chi connectivity index (χ0v) is 17.0. The quantitative estimate of drug-likeness (QED) is 0.519. The first-order chi connectivity index (χ1) is 13.0. The Balaban J connectivity index is 1.69. The van der Waals surface area contributed by atoms with Crippen LogP contribution in [0.4, 0.5) is 0 Å². The fourth-order valence-corrected chi connectivity index (χ4v) is 2.62. The molecule has 0 aliphatic heterocycles. The highest BCUT2D eigenvalue weighted by Crippen LogP contribution is 2.21. The molecule has 0 aliphatic carbocycles. The van der Waals surface area contributed by atoms with Crippen LogP contribution in [0.3, 0.4) is 0 Å². The van der Waals surface area contributed by atoms with Gasteiger partial charge in [-0.25, -0.2) is 0 Å². The molecular formula is C20H31N5O2. The lowest BCUT2D eigenvalue weighted by atomic mass is 9.98. The third kappa shape index (κ3) is 6.58. The molecule has 1 unspecified atom stereocenters. The fourth-order valence-electron chi connectivity index (χ4n) is 2.62. The molecule has 2 rings (SSSR count). The van der Waals surface area contributed by atoms with Gasteiger partial charge in [0, 0.05) is 32.5 Å². The molecule has 1 atom stereocenters. The van der Waals surface area contributed by atoms with E-state index in [0.717, 1.165) is 30.5 Å². The molecule has 0 spiro atoms. The second-order valence-electron chi connectivity index (χ2n) is 6.84. The zero-order chi connectivity index (χ0) is 19.6. The number of hydrogen-bond acceptors (Lipinski definition) is 5. The van der Waals surface area contributed by atoms with E-state index in [2.05, 4.69) is 44.8 Å². The Labute approximate surface area is 161 Å². The van der Waals surface area contributed by atoms with Crippen molar-refractivity contribution in [1.29, 1.82) is 0 Å². The molecule has 7 nitrogen and oxygen atoms in total. The number of methoxy groups -OCH3 is 1. The summed E-state index contributed by atoms with van der Waals surface area (Å²) in [5.41, 5.74) is 1.30. The summed E-state index contributed by atoms with van der Waals surface area (Å²) in [6.07, 6.45) is 1.68. The molecule has 7 heteroatoms. The number of nitrogens with zero attached hydrogens (tertiary/aromatic N) is 3. The summed E-state index contributed by atoms with van der Waals surface area (Å²) in [5, 5.41) is 10.6. The van der Waals surface area contributed by atoms with Crippen LogP contribution in [0.1, 0.15) is 56.3 Å². The predicted molar refractivity (Wildman–Crippen MR) is 107 cm³/mol. The monoisotopic (exact) mass is 373 g/mol. The predicted octanol–water partition coefficient (Wildman–Crippen LogP) is 3.10. The molecule has 1 aromatic carbocycles. The van der Waals surface area contributed by atoms with Crippen molar-refractivity contribution in [3.8, 4) is 5.75 Å². The van der Waals surface area contributed by atoms with E-state index in [1.54, 1.807) is 14.2 Å². The molecule has 0 amide bonds. The Hall–Kier alpha value is -2.57.